The number of halogens is 2. The fraction of sp³-hybridized carbons (Fsp3) is 0.750. The second kappa shape index (κ2) is 14.0. The summed E-state index contributed by atoms with van der Waals surface area (Å²) in [5, 5.41) is 35.6. The molecule has 0 aromatic rings. The Morgan fingerprint density at radius 3 is 0.875 bits per heavy atom. The van der Waals surface area contributed by atoms with Crippen LogP contribution in [-0.4, -0.2) is 49.3 Å². The van der Waals surface area contributed by atoms with E-state index in [2.05, 4.69) is 24.3 Å². The van der Waals surface area contributed by atoms with Gasteiger partial charge in [0.25, 0.3) is 0 Å². The molecule has 8 heteroatoms. The quantitative estimate of drug-likeness (QED) is 0.355. The fourth-order valence-corrected chi connectivity index (χ4v) is 15.1. The van der Waals surface area contributed by atoms with Crippen LogP contribution in [0, 0.1) is 45.3 Å². The summed E-state index contributed by atoms with van der Waals surface area (Å²) < 4.78 is 0. The third-order valence-electron chi connectivity index (χ3n) is 4.89. The minimum absolute atomic E-state index is 0. The highest BCUT2D eigenvalue weighted by atomic mass is 79.9. The molecule has 24 heavy (non-hydrogen) atoms. The molecule has 0 N–H and O–H groups in total. The third-order valence-corrected chi connectivity index (χ3v) is 15.0. The highest BCUT2D eigenvalue weighted by Gasteiger charge is 2.50. The molecular formula is C16H24Br2N4P2. The van der Waals surface area contributed by atoms with E-state index in [0.717, 1.165) is 24.6 Å². The summed E-state index contributed by atoms with van der Waals surface area (Å²) >= 11 is 0. The molecule has 1 aliphatic rings. The Morgan fingerprint density at radius 1 is 0.500 bits per heavy atom. The molecule has 1 heterocycles. The second-order valence-electron chi connectivity index (χ2n) is 6.10. The monoisotopic (exact) mass is 492 g/mol. The van der Waals surface area contributed by atoms with Gasteiger partial charge in [-0.25, -0.2) is 0 Å². The zero-order valence-electron chi connectivity index (χ0n) is 13.9. The molecule has 0 atom stereocenters. The van der Waals surface area contributed by atoms with Gasteiger partial charge in [-0.15, -0.1) is 0 Å². The van der Waals surface area contributed by atoms with Crippen LogP contribution in [-0.2, 0) is 0 Å². The molecule has 1 fully saturated rings. The van der Waals surface area contributed by atoms with Crippen molar-refractivity contribution in [1.82, 2.24) is 0 Å². The van der Waals surface area contributed by atoms with E-state index in [1.54, 1.807) is 0 Å². The highest BCUT2D eigenvalue weighted by Crippen LogP contribution is 2.72. The van der Waals surface area contributed by atoms with E-state index < -0.39 is 14.5 Å². The first-order valence-corrected chi connectivity index (χ1v) is 12.9. The Kier molecular flexibility index (Phi) is 15.2. The maximum Gasteiger partial charge on any atom is 0.0931 e. The average Bonchev–Trinajstić information content (AvgIpc) is 2.56. The van der Waals surface area contributed by atoms with Crippen LogP contribution in [0.25, 0.3) is 0 Å². The molecule has 0 unspecified atom stereocenters. The molecule has 4 nitrogen and oxygen atoms in total. The topological polar surface area (TPSA) is 95.2 Å². The standard InChI is InChI=1S/C16H24N4P2.2BrH/c17-5-1-9-21(10-2-6-18)13-15-22(16-14-21,11-3-7-19)12-4-8-20;;/h1-4,9-16H2;2*1H/q+2;;/p-2. The van der Waals surface area contributed by atoms with E-state index in [1.807, 2.05) is 0 Å². The zero-order valence-corrected chi connectivity index (χ0v) is 18.9. The van der Waals surface area contributed by atoms with Gasteiger partial charge in [0.2, 0.25) is 0 Å². The van der Waals surface area contributed by atoms with Crippen LogP contribution < -0.4 is 34.0 Å². The van der Waals surface area contributed by atoms with Crippen molar-refractivity contribution in [1.29, 1.82) is 21.0 Å². The predicted molar refractivity (Wildman–Crippen MR) is 93.7 cm³/mol. The van der Waals surface area contributed by atoms with Gasteiger partial charge in [0.05, 0.1) is 99.3 Å². The smallest absolute Gasteiger partial charge is 0.0931 e. The van der Waals surface area contributed by atoms with Gasteiger partial charge in [0.1, 0.15) is 0 Å². The molecule has 0 amide bonds. The van der Waals surface area contributed by atoms with Crippen molar-refractivity contribution >= 4 is 14.5 Å². The minimum atomic E-state index is -1.15. The van der Waals surface area contributed by atoms with Crippen LogP contribution in [0.15, 0.2) is 0 Å². The maximum atomic E-state index is 8.91. The van der Waals surface area contributed by atoms with Crippen molar-refractivity contribution in [2.24, 2.45) is 0 Å². The van der Waals surface area contributed by atoms with Crippen LogP contribution >= 0.6 is 14.5 Å². The molecule has 1 aliphatic heterocycles. The van der Waals surface area contributed by atoms with Crippen molar-refractivity contribution in [2.45, 2.75) is 25.7 Å². The summed E-state index contributed by atoms with van der Waals surface area (Å²) in [6.45, 7) is 0. The molecule has 1 rings (SSSR count). The Hall–Kier alpha value is -0.220. The van der Waals surface area contributed by atoms with Crippen LogP contribution in [0.5, 0.6) is 0 Å². The molecule has 0 saturated carbocycles. The van der Waals surface area contributed by atoms with Crippen molar-refractivity contribution in [3.63, 3.8) is 0 Å². The van der Waals surface area contributed by atoms with Crippen molar-refractivity contribution in [3.05, 3.63) is 0 Å². The second-order valence-corrected chi connectivity index (χ2v) is 15.0. The Bertz CT molecular complexity index is 432. The lowest BCUT2D eigenvalue weighted by Gasteiger charge is -2.37. The summed E-state index contributed by atoms with van der Waals surface area (Å²) in [7, 11) is -2.30. The lowest BCUT2D eigenvalue weighted by Crippen LogP contribution is -3.00. The molecule has 0 radical (unpaired) electrons. The number of hydrogen-bond donors (Lipinski definition) is 0. The minimum Gasteiger partial charge on any atom is -1.00 e. The predicted octanol–water partition coefficient (Wildman–Crippen LogP) is -2.30. The summed E-state index contributed by atoms with van der Waals surface area (Å²) in [4.78, 5) is 0. The highest BCUT2D eigenvalue weighted by molar-refractivity contribution is 7.83. The summed E-state index contributed by atoms with van der Waals surface area (Å²) in [5.74, 6) is 0. The van der Waals surface area contributed by atoms with Crippen LogP contribution in [0.2, 0.25) is 0 Å². The molecular weight excluding hydrogens is 470 g/mol. The van der Waals surface area contributed by atoms with Gasteiger partial charge in [-0.2, -0.15) is 21.0 Å². The zero-order chi connectivity index (χ0) is 16.3. The molecule has 0 aliphatic carbocycles. The Morgan fingerprint density at radius 2 is 0.708 bits per heavy atom. The van der Waals surface area contributed by atoms with E-state index in [9.17, 15) is 0 Å². The first kappa shape index (κ1) is 26.0. The summed E-state index contributed by atoms with van der Waals surface area (Å²) in [5.41, 5.74) is 0. The van der Waals surface area contributed by atoms with Crippen LogP contribution in [0.3, 0.4) is 0 Å². The van der Waals surface area contributed by atoms with Gasteiger partial charge in [0, 0.05) is 14.5 Å². The number of nitriles is 4. The van der Waals surface area contributed by atoms with Crippen molar-refractivity contribution < 1.29 is 34.0 Å². The average molecular weight is 494 g/mol. The van der Waals surface area contributed by atoms with Gasteiger partial charge >= 0.3 is 0 Å². The number of rotatable bonds is 8. The van der Waals surface area contributed by atoms with E-state index in [1.165, 1.54) is 24.6 Å². The summed E-state index contributed by atoms with van der Waals surface area (Å²) in [6.07, 6.45) is 11.2. The van der Waals surface area contributed by atoms with E-state index in [0.29, 0.717) is 25.7 Å². The molecule has 132 valence electrons. The fourth-order valence-electron chi connectivity index (χ4n) is 3.34. The summed E-state index contributed by atoms with van der Waals surface area (Å²) in [6, 6.07) is 9.09. The SMILES string of the molecule is N#CCC[P+]1(CCC#N)CC[P+](CCC#N)(CCC#N)CC1.[Br-].[Br-]. The number of nitrogens with zero attached hydrogens (tertiary/aromatic N) is 4. The van der Waals surface area contributed by atoms with Gasteiger partial charge < -0.3 is 34.0 Å². The molecule has 1 saturated heterocycles. The third kappa shape index (κ3) is 8.24. The van der Waals surface area contributed by atoms with Gasteiger partial charge in [-0.1, -0.05) is 0 Å². The lowest BCUT2D eigenvalue weighted by atomic mass is 10.5. The number of hydrogen-bond acceptors (Lipinski definition) is 4. The first-order valence-electron chi connectivity index (χ1n) is 7.84. The molecule has 0 spiro atoms. The molecule has 0 aromatic carbocycles. The first-order chi connectivity index (χ1) is 10.7. The normalized spacial score (nSPS) is 16.8. The van der Waals surface area contributed by atoms with E-state index in [-0.39, 0.29) is 34.0 Å². The Labute approximate surface area is 168 Å². The van der Waals surface area contributed by atoms with E-state index in [4.69, 9.17) is 21.0 Å². The van der Waals surface area contributed by atoms with Crippen molar-refractivity contribution in [2.75, 3.05) is 49.3 Å². The van der Waals surface area contributed by atoms with Gasteiger partial charge in [0.15, 0.2) is 0 Å². The maximum absolute atomic E-state index is 8.91. The Balaban J connectivity index is 0. The molecule has 0 bridgehead atoms. The lowest BCUT2D eigenvalue weighted by molar-refractivity contribution is -0.001000. The van der Waals surface area contributed by atoms with Crippen molar-refractivity contribution in [3.8, 4) is 24.3 Å². The van der Waals surface area contributed by atoms with Crippen LogP contribution in [0.4, 0.5) is 0 Å². The molecule has 0 aromatic heterocycles. The van der Waals surface area contributed by atoms with Gasteiger partial charge in [-0.3, -0.25) is 0 Å². The van der Waals surface area contributed by atoms with Gasteiger partial charge in [-0.05, 0) is 0 Å². The van der Waals surface area contributed by atoms with Crippen LogP contribution in [0.1, 0.15) is 25.7 Å². The van der Waals surface area contributed by atoms with E-state index >= 15 is 0 Å². The largest absolute Gasteiger partial charge is 1.00 e.